The molecule has 0 aliphatic carbocycles. The molecule has 3 amide bonds. The number of rotatable bonds is 7. The summed E-state index contributed by atoms with van der Waals surface area (Å²) in [6, 6.07) is 13.9. The molecule has 0 fully saturated rings. The third kappa shape index (κ3) is 6.84. The summed E-state index contributed by atoms with van der Waals surface area (Å²) >= 11 is 2.20. The quantitative estimate of drug-likeness (QED) is 0.445. The molecule has 0 atom stereocenters. The number of amides is 3. The van der Waals surface area contributed by atoms with Crippen molar-refractivity contribution >= 4 is 45.9 Å². The molecule has 0 saturated carbocycles. The Hall–Kier alpha value is -2.55. The second kappa shape index (κ2) is 9.67. The Morgan fingerprint density at radius 2 is 1.60 bits per heavy atom. The van der Waals surface area contributed by atoms with E-state index in [1.165, 1.54) is 0 Å². The van der Waals surface area contributed by atoms with Crippen LogP contribution >= 0.6 is 22.6 Å². The molecule has 2 rings (SSSR count). The lowest BCUT2D eigenvalue weighted by atomic mass is 10.3. The van der Waals surface area contributed by atoms with Crippen LogP contribution in [0.1, 0.15) is 0 Å². The first-order valence-electron chi connectivity index (χ1n) is 7.51. The van der Waals surface area contributed by atoms with E-state index in [2.05, 4.69) is 45.1 Å². The van der Waals surface area contributed by atoms with E-state index in [0.29, 0.717) is 23.7 Å². The Kier molecular flexibility index (Phi) is 7.27. The van der Waals surface area contributed by atoms with E-state index in [-0.39, 0.29) is 18.5 Å². The molecule has 0 aliphatic heterocycles. The fraction of sp³-hybridized carbons (Fsp3) is 0.111. The van der Waals surface area contributed by atoms with Crippen molar-refractivity contribution in [2.24, 2.45) is 0 Å². The first-order valence-corrected chi connectivity index (χ1v) is 8.59. The first-order chi connectivity index (χ1) is 12.1. The standard InChI is InChI=1S/C18H18IN3O3/c1-2-11-20-18(24)22-15-7-5-14(6-8-15)21-17(23)12-25-16-9-3-13(19)4-10-16/h2-10H,1,11-12H2,(H,21,23)(H2,20,22,24). The normalized spacial score (nSPS) is 9.80. The highest BCUT2D eigenvalue weighted by Gasteiger charge is 2.05. The zero-order chi connectivity index (χ0) is 18.1. The van der Waals surface area contributed by atoms with Crippen molar-refractivity contribution in [2.75, 3.05) is 23.8 Å². The fourth-order valence-corrected chi connectivity index (χ4v) is 2.21. The summed E-state index contributed by atoms with van der Waals surface area (Å²) in [4.78, 5) is 23.4. The molecule has 2 aromatic carbocycles. The van der Waals surface area contributed by atoms with Crippen LogP contribution in [0.4, 0.5) is 16.2 Å². The number of ether oxygens (including phenoxy) is 1. The van der Waals surface area contributed by atoms with Crippen LogP contribution < -0.4 is 20.7 Å². The van der Waals surface area contributed by atoms with Crippen LogP contribution in [0.3, 0.4) is 0 Å². The maximum atomic E-state index is 11.9. The van der Waals surface area contributed by atoms with Crippen LogP contribution in [0.15, 0.2) is 61.2 Å². The van der Waals surface area contributed by atoms with Crippen molar-refractivity contribution in [1.82, 2.24) is 5.32 Å². The lowest BCUT2D eigenvalue weighted by Gasteiger charge is -2.09. The third-order valence-corrected chi connectivity index (χ3v) is 3.74. The van der Waals surface area contributed by atoms with E-state index in [0.717, 1.165) is 3.57 Å². The van der Waals surface area contributed by atoms with E-state index < -0.39 is 0 Å². The molecule has 3 N–H and O–H groups in total. The number of carbonyl (C=O) groups excluding carboxylic acids is 2. The minimum atomic E-state index is -0.317. The number of halogens is 1. The molecule has 25 heavy (non-hydrogen) atoms. The van der Waals surface area contributed by atoms with Gasteiger partial charge in [0.05, 0.1) is 0 Å². The maximum Gasteiger partial charge on any atom is 0.319 e. The molecule has 6 nitrogen and oxygen atoms in total. The molecular formula is C18H18IN3O3. The van der Waals surface area contributed by atoms with Gasteiger partial charge in [0, 0.05) is 21.5 Å². The van der Waals surface area contributed by atoms with Gasteiger partial charge in [0.15, 0.2) is 6.61 Å². The monoisotopic (exact) mass is 451 g/mol. The Morgan fingerprint density at radius 3 is 2.20 bits per heavy atom. The molecular weight excluding hydrogens is 433 g/mol. The van der Waals surface area contributed by atoms with Crippen molar-refractivity contribution in [1.29, 1.82) is 0 Å². The summed E-state index contributed by atoms with van der Waals surface area (Å²) in [5.74, 6) is 0.378. The van der Waals surface area contributed by atoms with Gasteiger partial charge in [-0.05, 0) is 71.1 Å². The molecule has 0 unspecified atom stereocenters. The summed E-state index contributed by atoms with van der Waals surface area (Å²) in [5, 5.41) is 8.01. The zero-order valence-electron chi connectivity index (χ0n) is 13.4. The molecule has 0 radical (unpaired) electrons. The van der Waals surface area contributed by atoms with Gasteiger partial charge in [-0.25, -0.2) is 4.79 Å². The molecule has 130 valence electrons. The lowest BCUT2D eigenvalue weighted by Crippen LogP contribution is -2.28. The average Bonchev–Trinajstić information content (AvgIpc) is 2.61. The van der Waals surface area contributed by atoms with E-state index >= 15 is 0 Å². The van der Waals surface area contributed by atoms with Gasteiger partial charge >= 0.3 is 6.03 Å². The Bertz CT molecular complexity index is 730. The number of carbonyl (C=O) groups is 2. The maximum absolute atomic E-state index is 11.9. The van der Waals surface area contributed by atoms with E-state index in [9.17, 15) is 9.59 Å². The number of hydrogen-bond acceptors (Lipinski definition) is 3. The third-order valence-electron chi connectivity index (χ3n) is 3.02. The fourth-order valence-electron chi connectivity index (χ4n) is 1.85. The zero-order valence-corrected chi connectivity index (χ0v) is 15.6. The topological polar surface area (TPSA) is 79.5 Å². The van der Waals surface area contributed by atoms with Crippen molar-refractivity contribution in [2.45, 2.75) is 0 Å². The first kappa shape index (κ1) is 18.8. The Morgan fingerprint density at radius 1 is 1.00 bits per heavy atom. The lowest BCUT2D eigenvalue weighted by molar-refractivity contribution is -0.118. The molecule has 0 bridgehead atoms. The van der Waals surface area contributed by atoms with Gasteiger partial charge in [0.1, 0.15) is 5.75 Å². The SMILES string of the molecule is C=CCNC(=O)Nc1ccc(NC(=O)COc2ccc(I)cc2)cc1. The van der Waals surface area contributed by atoms with E-state index in [1.807, 2.05) is 24.3 Å². The summed E-state index contributed by atoms with van der Waals surface area (Å²) in [6.45, 7) is 3.83. The van der Waals surface area contributed by atoms with Crippen molar-refractivity contribution in [3.63, 3.8) is 0 Å². The summed E-state index contributed by atoms with van der Waals surface area (Å²) in [7, 11) is 0. The largest absolute Gasteiger partial charge is 0.484 e. The minimum absolute atomic E-state index is 0.0788. The Balaban J connectivity index is 1.79. The summed E-state index contributed by atoms with van der Waals surface area (Å²) < 4.78 is 6.52. The van der Waals surface area contributed by atoms with Gasteiger partial charge in [0.2, 0.25) is 0 Å². The van der Waals surface area contributed by atoms with Crippen LogP contribution in [0, 0.1) is 3.57 Å². The molecule has 2 aromatic rings. The second-order valence-electron chi connectivity index (χ2n) is 4.99. The van der Waals surface area contributed by atoms with Crippen molar-refractivity contribution in [3.8, 4) is 5.75 Å². The number of anilines is 2. The second-order valence-corrected chi connectivity index (χ2v) is 6.24. The van der Waals surface area contributed by atoms with Crippen LogP contribution in [0.5, 0.6) is 5.75 Å². The van der Waals surface area contributed by atoms with Crippen LogP contribution in [-0.2, 0) is 4.79 Å². The molecule has 0 saturated heterocycles. The van der Waals surface area contributed by atoms with Crippen LogP contribution in [-0.4, -0.2) is 25.1 Å². The Labute approximate surface area is 159 Å². The highest BCUT2D eigenvalue weighted by Crippen LogP contribution is 2.15. The van der Waals surface area contributed by atoms with Crippen LogP contribution in [0.25, 0.3) is 0 Å². The average molecular weight is 451 g/mol. The molecule has 7 heteroatoms. The van der Waals surface area contributed by atoms with Gasteiger partial charge < -0.3 is 20.7 Å². The predicted molar refractivity (Wildman–Crippen MR) is 107 cm³/mol. The van der Waals surface area contributed by atoms with Gasteiger partial charge in [-0.1, -0.05) is 6.08 Å². The predicted octanol–water partition coefficient (Wildman–Crippen LogP) is 3.62. The highest BCUT2D eigenvalue weighted by atomic mass is 127. The smallest absolute Gasteiger partial charge is 0.319 e. The van der Waals surface area contributed by atoms with Gasteiger partial charge in [-0.2, -0.15) is 0 Å². The van der Waals surface area contributed by atoms with E-state index in [4.69, 9.17) is 4.74 Å². The van der Waals surface area contributed by atoms with Gasteiger partial charge in [-0.15, -0.1) is 6.58 Å². The van der Waals surface area contributed by atoms with Crippen LogP contribution in [0.2, 0.25) is 0 Å². The number of benzene rings is 2. The number of hydrogen-bond donors (Lipinski definition) is 3. The van der Waals surface area contributed by atoms with E-state index in [1.54, 1.807) is 30.3 Å². The summed E-state index contributed by atoms with van der Waals surface area (Å²) in [6.07, 6.45) is 1.59. The number of nitrogens with one attached hydrogen (secondary N) is 3. The number of urea groups is 1. The van der Waals surface area contributed by atoms with Gasteiger partial charge in [-0.3, -0.25) is 4.79 Å². The molecule has 0 heterocycles. The highest BCUT2D eigenvalue weighted by molar-refractivity contribution is 14.1. The minimum Gasteiger partial charge on any atom is -0.484 e. The van der Waals surface area contributed by atoms with Crippen molar-refractivity contribution in [3.05, 3.63) is 64.8 Å². The van der Waals surface area contributed by atoms with Gasteiger partial charge in [0.25, 0.3) is 5.91 Å². The van der Waals surface area contributed by atoms with Crippen molar-refractivity contribution < 1.29 is 14.3 Å². The molecule has 0 spiro atoms. The molecule has 0 aliphatic rings. The summed E-state index contributed by atoms with van der Waals surface area (Å²) in [5.41, 5.74) is 1.24. The molecule has 0 aromatic heterocycles.